The van der Waals surface area contributed by atoms with E-state index in [4.69, 9.17) is 4.74 Å². The number of carbonyl (C=O) groups excluding carboxylic acids is 1. The van der Waals surface area contributed by atoms with Gasteiger partial charge in [0, 0.05) is 6.26 Å². The Morgan fingerprint density at radius 1 is 1.08 bits per heavy atom. The van der Waals surface area contributed by atoms with Crippen LogP contribution in [0.2, 0.25) is 0 Å². The van der Waals surface area contributed by atoms with Crippen LogP contribution in [0.1, 0.15) is 31.9 Å². The lowest BCUT2D eigenvalue weighted by atomic mass is 9.97. The lowest BCUT2D eigenvalue weighted by molar-refractivity contribution is -0.124. The maximum atomic E-state index is 12.3. The van der Waals surface area contributed by atoms with Crippen LogP contribution in [0.15, 0.2) is 59.5 Å². The number of rotatable bonds is 8. The molecule has 0 aromatic heterocycles. The van der Waals surface area contributed by atoms with Gasteiger partial charge in [0.25, 0.3) is 5.91 Å². The van der Waals surface area contributed by atoms with E-state index >= 15 is 0 Å². The van der Waals surface area contributed by atoms with Gasteiger partial charge in [-0.2, -0.15) is 0 Å². The van der Waals surface area contributed by atoms with Crippen LogP contribution in [0.25, 0.3) is 0 Å². The number of carbonyl (C=O) groups is 1. The smallest absolute Gasteiger partial charge is 0.258 e. The van der Waals surface area contributed by atoms with E-state index in [0.29, 0.717) is 11.7 Å². The van der Waals surface area contributed by atoms with Gasteiger partial charge >= 0.3 is 0 Å². The Bertz CT molecular complexity index is 832. The summed E-state index contributed by atoms with van der Waals surface area (Å²) >= 11 is 0. The highest BCUT2D eigenvalue weighted by Gasteiger charge is 2.16. The number of hydrogen-bond acceptors (Lipinski definition) is 4. The summed E-state index contributed by atoms with van der Waals surface area (Å²) in [6.45, 7) is 4.04. The van der Waals surface area contributed by atoms with Gasteiger partial charge in [-0.1, -0.05) is 50.2 Å². The van der Waals surface area contributed by atoms with Crippen molar-refractivity contribution in [2.75, 3.05) is 12.9 Å². The van der Waals surface area contributed by atoms with Crippen LogP contribution in [0.3, 0.4) is 0 Å². The Morgan fingerprint density at radius 2 is 1.77 bits per heavy atom. The quantitative estimate of drug-likeness (QED) is 0.768. The van der Waals surface area contributed by atoms with Gasteiger partial charge in [0.1, 0.15) is 5.75 Å². The average molecular weight is 375 g/mol. The molecule has 0 radical (unpaired) electrons. The number of benzene rings is 2. The van der Waals surface area contributed by atoms with E-state index in [9.17, 15) is 13.2 Å². The molecule has 0 fully saturated rings. The average Bonchev–Trinajstić information content (AvgIpc) is 2.59. The Kier molecular flexibility index (Phi) is 6.80. The summed E-state index contributed by atoms with van der Waals surface area (Å²) in [4.78, 5) is 12.5. The molecule has 1 N–H and O–H groups in total. The molecule has 0 spiro atoms. The number of ether oxygens (including phenoxy) is 1. The second kappa shape index (κ2) is 8.85. The third-order valence-corrected chi connectivity index (χ3v) is 4.96. The second-order valence-electron chi connectivity index (χ2n) is 6.70. The largest absolute Gasteiger partial charge is 0.484 e. The SMILES string of the molecule is CC(C)CC(NC(=O)COc1cccc(S(C)(=O)=O)c1)c1ccccc1. The molecule has 6 heteroatoms. The summed E-state index contributed by atoms with van der Waals surface area (Å²) in [6.07, 6.45) is 1.95. The lowest BCUT2D eigenvalue weighted by Gasteiger charge is -2.21. The van der Waals surface area contributed by atoms with Crippen LogP contribution in [0.5, 0.6) is 5.75 Å². The number of hydrogen-bond donors (Lipinski definition) is 1. The standard InChI is InChI=1S/C20H25NO4S/c1-15(2)12-19(16-8-5-4-6-9-16)21-20(22)14-25-17-10-7-11-18(13-17)26(3,23)24/h4-11,13,15,19H,12,14H2,1-3H3,(H,21,22). The molecular formula is C20H25NO4S. The first-order valence-corrected chi connectivity index (χ1v) is 10.4. The van der Waals surface area contributed by atoms with E-state index in [1.54, 1.807) is 12.1 Å². The molecule has 26 heavy (non-hydrogen) atoms. The zero-order chi connectivity index (χ0) is 19.2. The van der Waals surface area contributed by atoms with Crippen molar-refractivity contribution in [3.8, 4) is 5.75 Å². The van der Waals surface area contributed by atoms with Crippen LogP contribution in [0.4, 0.5) is 0 Å². The molecule has 0 aliphatic heterocycles. The number of sulfone groups is 1. The van der Waals surface area contributed by atoms with E-state index in [1.807, 2.05) is 30.3 Å². The Balaban J connectivity index is 2.00. The fourth-order valence-electron chi connectivity index (χ4n) is 2.61. The minimum Gasteiger partial charge on any atom is -0.484 e. The topological polar surface area (TPSA) is 72.5 Å². The van der Waals surface area contributed by atoms with Gasteiger partial charge in [0.15, 0.2) is 16.4 Å². The van der Waals surface area contributed by atoms with E-state index in [-0.39, 0.29) is 23.5 Å². The molecule has 1 amide bonds. The molecule has 140 valence electrons. The van der Waals surface area contributed by atoms with Gasteiger partial charge in [0.2, 0.25) is 0 Å². The Morgan fingerprint density at radius 3 is 2.38 bits per heavy atom. The van der Waals surface area contributed by atoms with Gasteiger partial charge in [0.05, 0.1) is 10.9 Å². The van der Waals surface area contributed by atoms with Gasteiger partial charge in [-0.3, -0.25) is 4.79 Å². The van der Waals surface area contributed by atoms with Crippen molar-refractivity contribution >= 4 is 15.7 Å². The molecule has 1 atom stereocenters. The molecule has 0 aliphatic carbocycles. The van der Waals surface area contributed by atoms with Crippen molar-refractivity contribution in [1.82, 2.24) is 5.32 Å². The van der Waals surface area contributed by atoms with Crippen molar-refractivity contribution in [2.24, 2.45) is 5.92 Å². The van der Waals surface area contributed by atoms with Crippen LogP contribution in [0, 0.1) is 5.92 Å². The van der Waals surface area contributed by atoms with Crippen LogP contribution in [-0.2, 0) is 14.6 Å². The summed E-state index contributed by atoms with van der Waals surface area (Å²) in [6, 6.07) is 15.9. The monoisotopic (exact) mass is 375 g/mol. The third kappa shape index (κ3) is 6.19. The highest BCUT2D eigenvalue weighted by Crippen LogP contribution is 2.21. The fourth-order valence-corrected chi connectivity index (χ4v) is 3.27. The highest BCUT2D eigenvalue weighted by atomic mass is 32.2. The van der Waals surface area contributed by atoms with Crippen LogP contribution in [-0.4, -0.2) is 27.2 Å². The Labute approximate surface area is 155 Å². The molecule has 0 bridgehead atoms. The van der Waals surface area contributed by atoms with Crippen molar-refractivity contribution in [2.45, 2.75) is 31.2 Å². The molecule has 1 unspecified atom stereocenters. The van der Waals surface area contributed by atoms with Crippen molar-refractivity contribution in [1.29, 1.82) is 0 Å². The highest BCUT2D eigenvalue weighted by molar-refractivity contribution is 7.90. The van der Waals surface area contributed by atoms with Crippen LogP contribution >= 0.6 is 0 Å². The molecule has 2 aromatic rings. The second-order valence-corrected chi connectivity index (χ2v) is 8.71. The summed E-state index contributed by atoms with van der Waals surface area (Å²) in [5.74, 6) is 0.528. The van der Waals surface area contributed by atoms with Crippen LogP contribution < -0.4 is 10.1 Å². The predicted octanol–water partition coefficient (Wildman–Crippen LogP) is 3.37. The molecule has 0 heterocycles. The fraction of sp³-hybridized carbons (Fsp3) is 0.350. The van der Waals surface area contributed by atoms with E-state index in [2.05, 4.69) is 19.2 Å². The van der Waals surface area contributed by atoms with Crippen molar-refractivity contribution in [3.05, 3.63) is 60.2 Å². The van der Waals surface area contributed by atoms with E-state index in [1.165, 1.54) is 12.1 Å². The number of nitrogens with one attached hydrogen (secondary N) is 1. The molecule has 2 rings (SSSR count). The Hall–Kier alpha value is -2.34. The first kappa shape index (κ1) is 20.0. The summed E-state index contributed by atoms with van der Waals surface area (Å²) in [5.41, 5.74) is 1.05. The normalized spacial score (nSPS) is 12.6. The van der Waals surface area contributed by atoms with Crippen molar-refractivity contribution in [3.63, 3.8) is 0 Å². The summed E-state index contributed by atoms with van der Waals surface area (Å²) < 4.78 is 28.7. The van der Waals surface area contributed by atoms with E-state index < -0.39 is 9.84 Å². The summed E-state index contributed by atoms with van der Waals surface area (Å²) in [7, 11) is -3.31. The first-order chi connectivity index (χ1) is 12.3. The van der Waals surface area contributed by atoms with E-state index in [0.717, 1.165) is 18.2 Å². The predicted molar refractivity (Wildman–Crippen MR) is 102 cm³/mol. The minimum absolute atomic E-state index is 0.0883. The van der Waals surface area contributed by atoms with Gasteiger partial charge in [-0.15, -0.1) is 0 Å². The molecule has 5 nitrogen and oxygen atoms in total. The molecule has 0 aliphatic rings. The zero-order valence-corrected chi connectivity index (χ0v) is 16.1. The lowest BCUT2D eigenvalue weighted by Crippen LogP contribution is -2.33. The van der Waals surface area contributed by atoms with Gasteiger partial charge in [-0.05, 0) is 36.1 Å². The number of amides is 1. The molecule has 0 saturated carbocycles. The maximum Gasteiger partial charge on any atom is 0.258 e. The third-order valence-electron chi connectivity index (χ3n) is 3.85. The minimum atomic E-state index is -3.31. The molecule has 0 saturated heterocycles. The summed E-state index contributed by atoms with van der Waals surface area (Å²) in [5, 5.41) is 3.00. The van der Waals surface area contributed by atoms with Gasteiger partial charge in [-0.25, -0.2) is 8.42 Å². The maximum absolute atomic E-state index is 12.3. The van der Waals surface area contributed by atoms with Gasteiger partial charge < -0.3 is 10.1 Å². The molecular weight excluding hydrogens is 350 g/mol. The first-order valence-electron chi connectivity index (χ1n) is 8.53. The van der Waals surface area contributed by atoms with Crippen molar-refractivity contribution < 1.29 is 17.9 Å². The molecule has 2 aromatic carbocycles. The zero-order valence-electron chi connectivity index (χ0n) is 15.3.